The highest BCUT2D eigenvalue weighted by molar-refractivity contribution is 7.47. The molecule has 0 amide bonds. The SMILES string of the molecule is CCCCCCC/C=C\C/C=C\C/C=C\CCCCCCCCCCCCCCCCCCCCC(=O)OC(COC(=O)CCCCCCCCCCCCCCCCCCCCCCCCCCCCC)COP(=O)(O)OCC[N+](C)(C)C. The van der Waals surface area contributed by atoms with Crippen LogP contribution in [0.15, 0.2) is 36.5 Å². The molecule has 0 rings (SSSR count). The van der Waals surface area contributed by atoms with Crippen LogP contribution in [0.4, 0.5) is 0 Å². The molecule has 0 aromatic rings. The van der Waals surface area contributed by atoms with Gasteiger partial charge in [0.2, 0.25) is 0 Å². The molecule has 0 radical (unpaired) electrons. The second-order valence-electron chi connectivity index (χ2n) is 26.3. The van der Waals surface area contributed by atoms with Gasteiger partial charge >= 0.3 is 19.8 Å². The number of likely N-dealkylation sites (N-methyl/N-ethyl adjacent to an activating group) is 1. The molecular formula is C74H143NO8P+. The molecule has 0 aliphatic carbocycles. The van der Waals surface area contributed by atoms with Crippen molar-refractivity contribution in [3.63, 3.8) is 0 Å². The van der Waals surface area contributed by atoms with Gasteiger partial charge in [0.1, 0.15) is 19.8 Å². The van der Waals surface area contributed by atoms with Crippen LogP contribution in [0.25, 0.3) is 0 Å². The molecule has 10 heteroatoms. The number of unbranched alkanes of at least 4 members (excludes halogenated alkanes) is 49. The minimum absolute atomic E-state index is 0.0349. The lowest BCUT2D eigenvalue weighted by Crippen LogP contribution is -2.37. The lowest BCUT2D eigenvalue weighted by molar-refractivity contribution is -0.870. The summed E-state index contributed by atoms with van der Waals surface area (Å²) in [5.41, 5.74) is 0. The molecule has 0 aliphatic rings. The fraction of sp³-hybridized carbons (Fsp3) is 0.892. The van der Waals surface area contributed by atoms with Crippen molar-refractivity contribution in [1.29, 1.82) is 0 Å². The number of nitrogens with zero attached hydrogens (tertiary/aromatic N) is 1. The zero-order valence-corrected chi connectivity index (χ0v) is 57.6. The van der Waals surface area contributed by atoms with Crippen molar-refractivity contribution < 1.29 is 42.1 Å². The number of carbonyl (C=O) groups is 2. The Labute approximate surface area is 522 Å². The smallest absolute Gasteiger partial charge is 0.462 e. The van der Waals surface area contributed by atoms with E-state index in [1.54, 1.807) is 0 Å². The van der Waals surface area contributed by atoms with Crippen molar-refractivity contribution in [3.8, 4) is 0 Å². The van der Waals surface area contributed by atoms with Gasteiger partial charge in [-0.05, 0) is 51.4 Å². The van der Waals surface area contributed by atoms with Crippen LogP contribution in [0.1, 0.15) is 373 Å². The number of ether oxygens (including phenoxy) is 2. The number of esters is 2. The van der Waals surface area contributed by atoms with E-state index in [0.717, 1.165) is 44.9 Å². The van der Waals surface area contributed by atoms with Gasteiger partial charge in [-0.3, -0.25) is 18.6 Å². The summed E-state index contributed by atoms with van der Waals surface area (Å²) in [6.07, 6.45) is 84.1. The van der Waals surface area contributed by atoms with Crippen LogP contribution in [0.5, 0.6) is 0 Å². The maximum absolute atomic E-state index is 12.9. The van der Waals surface area contributed by atoms with Gasteiger partial charge in [-0.1, -0.05) is 346 Å². The van der Waals surface area contributed by atoms with E-state index in [4.69, 9.17) is 18.5 Å². The van der Waals surface area contributed by atoms with Crippen LogP contribution >= 0.6 is 7.82 Å². The Balaban J connectivity index is 3.97. The summed E-state index contributed by atoms with van der Waals surface area (Å²) in [6.45, 7) is 4.50. The van der Waals surface area contributed by atoms with Gasteiger partial charge in [-0.25, -0.2) is 4.57 Å². The Morgan fingerprint density at radius 1 is 0.369 bits per heavy atom. The molecule has 0 saturated carbocycles. The fourth-order valence-corrected chi connectivity index (χ4v) is 11.8. The van der Waals surface area contributed by atoms with E-state index in [2.05, 4.69) is 50.3 Å². The number of phosphoric ester groups is 1. The van der Waals surface area contributed by atoms with Crippen molar-refractivity contribution in [1.82, 2.24) is 0 Å². The number of hydrogen-bond acceptors (Lipinski definition) is 7. The van der Waals surface area contributed by atoms with Crippen molar-refractivity contribution in [3.05, 3.63) is 36.5 Å². The maximum atomic E-state index is 12.9. The number of carbonyl (C=O) groups excluding carboxylic acids is 2. The molecule has 0 bridgehead atoms. The molecule has 2 atom stereocenters. The zero-order chi connectivity index (χ0) is 61.2. The molecular weight excluding hydrogens is 1060 g/mol. The molecule has 0 aromatic carbocycles. The molecule has 0 fully saturated rings. The second-order valence-corrected chi connectivity index (χ2v) is 27.8. The van der Waals surface area contributed by atoms with E-state index in [0.29, 0.717) is 23.9 Å². The zero-order valence-electron chi connectivity index (χ0n) is 56.7. The highest BCUT2D eigenvalue weighted by Gasteiger charge is 2.27. The first-order valence-electron chi connectivity index (χ1n) is 36.7. The maximum Gasteiger partial charge on any atom is 0.472 e. The molecule has 0 saturated heterocycles. The monoisotopic (exact) mass is 1210 g/mol. The molecule has 496 valence electrons. The summed E-state index contributed by atoms with van der Waals surface area (Å²) in [5.74, 6) is -0.774. The highest BCUT2D eigenvalue weighted by atomic mass is 31.2. The Kier molecular flexibility index (Phi) is 64.3. The molecule has 9 nitrogen and oxygen atoms in total. The third-order valence-electron chi connectivity index (χ3n) is 16.7. The summed E-state index contributed by atoms with van der Waals surface area (Å²) in [4.78, 5) is 35.9. The van der Waals surface area contributed by atoms with Gasteiger partial charge in [-0.2, -0.15) is 0 Å². The minimum atomic E-state index is -4.39. The Morgan fingerprint density at radius 3 is 0.952 bits per heavy atom. The average Bonchev–Trinajstić information content (AvgIpc) is 3.61. The van der Waals surface area contributed by atoms with E-state index in [1.165, 1.54) is 295 Å². The molecule has 1 N–H and O–H groups in total. The number of phosphoric acid groups is 1. The number of hydrogen-bond donors (Lipinski definition) is 1. The van der Waals surface area contributed by atoms with Gasteiger partial charge in [0.05, 0.1) is 27.7 Å². The quantitative estimate of drug-likeness (QED) is 0.0211. The van der Waals surface area contributed by atoms with Gasteiger partial charge in [0.25, 0.3) is 0 Å². The van der Waals surface area contributed by atoms with Crippen LogP contribution in [-0.2, 0) is 32.7 Å². The van der Waals surface area contributed by atoms with Crippen molar-refractivity contribution in [2.75, 3.05) is 47.5 Å². The van der Waals surface area contributed by atoms with Gasteiger partial charge in [0.15, 0.2) is 6.10 Å². The fourth-order valence-electron chi connectivity index (χ4n) is 11.0. The first-order valence-corrected chi connectivity index (χ1v) is 38.2. The third-order valence-corrected chi connectivity index (χ3v) is 17.7. The van der Waals surface area contributed by atoms with Crippen LogP contribution in [0, 0.1) is 0 Å². The summed E-state index contributed by atoms with van der Waals surface area (Å²) < 4.78 is 34.8. The summed E-state index contributed by atoms with van der Waals surface area (Å²) in [7, 11) is 1.50. The van der Waals surface area contributed by atoms with E-state index >= 15 is 0 Å². The van der Waals surface area contributed by atoms with Crippen LogP contribution < -0.4 is 0 Å². The second kappa shape index (κ2) is 65.7. The lowest BCUT2D eigenvalue weighted by atomic mass is 10.0. The minimum Gasteiger partial charge on any atom is -0.462 e. The van der Waals surface area contributed by atoms with Crippen molar-refractivity contribution >= 4 is 19.8 Å². The van der Waals surface area contributed by atoms with Gasteiger partial charge in [0, 0.05) is 12.8 Å². The van der Waals surface area contributed by atoms with Gasteiger partial charge < -0.3 is 18.9 Å². The van der Waals surface area contributed by atoms with Crippen molar-refractivity contribution in [2.45, 2.75) is 380 Å². The first kappa shape index (κ1) is 82.2. The van der Waals surface area contributed by atoms with Crippen molar-refractivity contribution in [2.24, 2.45) is 0 Å². The largest absolute Gasteiger partial charge is 0.472 e. The Hall–Kier alpha value is -1.77. The van der Waals surface area contributed by atoms with E-state index in [9.17, 15) is 19.0 Å². The van der Waals surface area contributed by atoms with Crippen LogP contribution in [-0.4, -0.2) is 74.9 Å². The molecule has 0 spiro atoms. The number of rotatable bonds is 69. The van der Waals surface area contributed by atoms with E-state index in [-0.39, 0.29) is 25.6 Å². The predicted molar refractivity (Wildman–Crippen MR) is 363 cm³/mol. The highest BCUT2D eigenvalue weighted by Crippen LogP contribution is 2.43. The van der Waals surface area contributed by atoms with E-state index in [1.807, 2.05) is 21.1 Å². The molecule has 0 aromatic heterocycles. The van der Waals surface area contributed by atoms with Crippen LogP contribution in [0.2, 0.25) is 0 Å². The normalized spacial score (nSPS) is 13.3. The molecule has 0 aliphatic heterocycles. The predicted octanol–water partition coefficient (Wildman–Crippen LogP) is 23.8. The Morgan fingerprint density at radius 2 is 0.643 bits per heavy atom. The standard InChI is InChI=1S/C74H142NO8P/c1-6-8-10-12-14-16-18-20-22-24-26-28-30-32-34-35-36-37-38-39-41-43-45-47-49-51-53-55-57-59-61-63-65-67-74(77)83-72(71-82-84(78,79)81-69-68-75(3,4)5)70-80-73(76)66-64-62-60-58-56-54-52-50-48-46-44-42-40-33-31-29-27-25-23-21-19-17-15-13-11-9-7-2/h18,20,24,26,30,32,72H,6-17,19,21-23,25,27-29,31,33-71H2,1-5H3/p+1/b20-18-,26-24-,32-30-. The first-order chi connectivity index (χ1) is 41.0. The molecule has 2 unspecified atom stereocenters. The molecule has 84 heavy (non-hydrogen) atoms. The summed E-state index contributed by atoms with van der Waals surface area (Å²) in [5, 5.41) is 0. The van der Waals surface area contributed by atoms with E-state index < -0.39 is 26.5 Å². The number of allylic oxidation sites excluding steroid dienone is 6. The van der Waals surface area contributed by atoms with Crippen LogP contribution in [0.3, 0.4) is 0 Å². The van der Waals surface area contributed by atoms with Gasteiger partial charge in [-0.15, -0.1) is 0 Å². The average molecular weight is 1210 g/mol. The lowest BCUT2D eigenvalue weighted by Gasteiger charge is -2.24. The molecule has 0 heterocycles. The summed E-state index contributed by atoms with van der Waals surface area (Å²) in [6, 6.07) is 0. The summed E-state index contributed by atoms with van der Waals surface area (Å²) >= 11 is 0. The topological polar surface area (TPSA) is 108 Å². The third kappa shape index (κ3) is 69.3. The number of quaternary nitrogens is 1. The Bertz CT molecular complexity index is 1510.